The van der Waals surface area contributed by atoms with Crippen LogP contribution >= 0.6 is 0 Å². The number of ketones is 1. The second-order valence-electron chi connectivity index (χ2n) is 12.3. The van der Waals surface area contributed by atoms with E-state index in [4.69, 9.17) is 33.2 Å². The van der Waals surface area contributed by atoms with Gasteiger partial charge in [-0.05, 0) is 5.56 Å². The van der Waals surface area contributed by atoms with Gasteiger partial charge < -0.3 is 79.1 Å². The van der Waals surface area contributed by atoms with E-state index in [1.165, 1.54) is 6.07 Å². The second kappa shape index (κ2) is 13.7. The van der Waals surface area contributed by atoms with Gasteiger partial charge in [-0.25, -0.2) is 0 Å². The first-order chi connectivity index (χ1) is 22.9. The number of phenolic OH excluding ortho intramolecular Hbond substituents is 1. The number of phenols is 1. The smallest absolute Gasteiger partial charge is 0.229 e. The predicted molar refractivity (Wildman–Crippen MR) is 155 cm³/mol. The Morgan fingerprint density at radius 3 is 2.25 bits per heavy atom. The number of hydrogen-bond acceptors (Lipinski definition) is 17. The van der Waals surface area contributed by atoms with Crippen LogP contribution in [0.1, 0.15) is 28.4 Å². The van der Waals surface area contributed by atoms with Crippen molar-refractivity contribution in [3.8, 4) is 17.2 Å². The van der Waals surface area contributed by atoms with Gasteiger partial charge in [-0.3, -0.25) is 4.79 Å². The van der Waals surface area contributed by atoms with Crippen molar-refractivity contribution in [2.24, 2.45) is 0 Å². The number of aromatic hydroxyl groups is 1. The van der Waals surface area contributed by atoms with E-state index in [1.807, 2.05) is 6.07 Å². The predicted octanol–water partition coefficient (Wildman–Crippen LogP) is -2.79. The van der Waals surface area contributed by atoms with Crippen LogP contribution in [0.15, 0.2) is 42.5 Å². The Bertz CT molecular complexity index is 1440. The molecule has 0 saturated carbocycles. The molecule has 3 saturated heterocycles. The number of aliphatic hydroxyl groups excluding tert-OH is 6. The highest BCUT2D eigenvalue weighted by molar-refractivity contribution is 6.02. The zero-order valence-corrected chi connectivity index (χ0v) is 25.3. The molecule has 0 spiro atoms. The van der Waals surface area contributed by atoms with Gasteiger partial charge >= 0.3 is 0 Å². The van der Waals surface area contributed by atoms with Crippen LogP contribution in [0.4, 0.5) is 0 Å². The molecule has 0 amide bonds. The van der Waals surface area contributed by atoms with Crippen molar-refractivity contribution in [2.45, 2.75) is 79.2 Å². The summed E-state index contributed by atoms with van der Waals surface area (Å²) in [7, 11) is 0. The quantitative estimate of drug-likeness (QED) is 0.123. The highest BCUT2D eigenvalue weighted by Gasteiger charge is 2.55. The van der Waals surface area contributed by atoms with E-state index in [0.717, 1.165) is 11.6 Å². The van der Waals surface area contributed by atoms with Crippen LogP contribution < -0.4 is 9.47 Å². The van der Waals surface area contributed by atoms with Gasteiger partial charge in [0.05, 0.1) is 39.5 Å². The van der Waals surface area contributed by atoms with E-state index < -0.39 is 112 Å². The van der Waals surface area contributed by atoms with Crippen LogP contribution in [0.3, 0.4) is 0 Å². The Morgan fingerprint density at radius 2 is 1.56 bits per heavy atom. The molecule has 6 rings (SSSR count). The molecule has 2 aromatic rings. The highest BCUT2D eigenvalue weighted by Crippen LogP contribution is 2.43. The average molecular weight is 683 g/mol. The Kier molecular flexibility index (Phi) is 9.95. The van der Waals surface area contributed by atoms with Crippen LogP contribution in [0, 0.1) is 0 Å². The largest absolute Gasteiger partial charge is 0.507 e. The lowest BCUT2D eigenvalue weighted by molar-refractivity contribution is -0.319. The molecule has 0 radical (unpaired) electrons. The van der Waals surface area contributed by atoms with Gasteiger partial charge in [-0.1, -0.05) is 30.3 Å². The summed E-state index contributed by atoms with van der Waals surface area (Å²) in [5, 5.41) is 93.7. The molecule has 12 atom stereocenters. The third-order valence-electron chi connectivity index (χ3n) is 8.90. The van der Waals surface area contributed by atoms with Crippen molar-refractivity contribution < 1.29 is 83.9 Å². The summed E-state index contributed by atoms with van der Waals surface area (Å²) >= 11 is 0. The number of rotatable bonds is 10. The molecule has 48 heavy (non-hydrogen) atoms. The number of carbonyl (C=O) groups is 1. The fraction of sp³-hybridized carbons (Fsp3) is 0.581. The third kappa shape index (κ3) is 6.50. The van der Waals surface area contributed by atoms with Crippen molar-refractivity contribution >= 4 is 5.78 Å². The topological polar surface area (TPSA) is 264 Å². The molecule has 17 nitrogen and oxygen atoms in total. The maximum absolute atomic E-state index is 12.9. The van der Waals surface area contributed by atoms with E-state index in [0.29, 0.717) is 0 Å². The molecule has 17 heteroatoms. The minimum Gasteiger partial charge on any atom is -0.507 e. The number of fused-ring (bicyclic) bond motifs is 1. The monoisotopic (exact) mass is 682 g/mol. The molecule has 9 N–H and O–H groups in total. The van der Waals surface area contributed by atoms with Crippen molar-refractivity contribution in [2.75, 3.05) is 33.0 Å². The number of benzene rings is 2. The zero-order valence-electron chi connectivity index (χ0n) is 25.3. The lowest BCUT2D eigenvalue weighted by Gasteiger charge is -2.42. The van der Waals surface area contributed by atoms with Gasteiger partial charge in [0.2, 0.25) is 6.29 Å². The van der Waals surface area contributed by atoms with Gasteiger partial charge in [0, 0.05) is 12.1 Å². The number of carbonyl (C=O) groups excluding carboxylic acids is 1. The summed E-state index contributed by atoms with van der Waals surface area (Å²) in [4.78, 5) is 12.9. The molecule has 4 aliphatic heterocycles. The molecular weight excluding hydrogens is 644 g/mol. The molecule has 0 aromatic heterocycles. The Morgan fingerprint density at radius 1 is 0.875 bits per heavy atom. The molecule has 0 bridgehead atoms. The summed E-state index contributed by atoms with van der Waals surface area (Å²) in [5.74, 6) is -0.927. The van der Waals surface area contributed by atoms with Gasteiger partial charge in [-0.2, -0.15) is 0 Å². The average Bonchev–Trinajstić information content (AvgIpc) is 3.53. The fourth-order valence-electron chi connectivity index (χ4n) is 5.98. The normalized spacial score (nSPS) is 39.6. The highest BCUT2D eigenvalue weighted by atomic mass is 16.8. The third-order valence-corrected chi connectivity index (χ3v) is 8.90. The Balaban J connectivity index is 1.18. The van der Waals surface area contributed by atoms with Gasteiger partial charge in [0.1, 0.15) is 70.6 Å². The van der Waals surface area contributed by atoms with E-state index in [1.54, 1.807) is 24.3 Å². The minimum absolute atomic E-state index is 0.0103. The van der Waals surface area contributed by atoms with E-state index in [9.17, 15) is 50.8 Å². The minimum atomic E-state index is -2.15. The van der Waals surface area contributed by atoms with Crippen LogP contribution in [0.2, 0.25) is 0 Å². The molecular formula is C31H38O17. The van der Waals surface area contributed by atoms with E-state index in [-0.39, 0.29) is 29.3 Å². The van der Waals surface area contributed by atoms with E-state index >= 15 is 0 Å². The lowest BCUT2D eigenvalue weighted by Crippen LogP contribution is -2.62. The summed E-state index contributed by atoms with van der Waals surface area (Å²) in [6, 6.07) is 11.4. The second-order valence-corrected chi connectivity index (χ2v) is 12.3. The number of Topliss-reactive ketones (excluding diaryl/α,β-unsaturated/α-hetero) is 1. The molecule has 4 heterocycles. The van der Waals surface area contributed by atoms with Crippen LogP contribution in [0.5, 0.6) is 17.2 Å². The molecule has 4 aliphatic rings. The maximum Gasteiger partial charge on any atom is 0.229 e. The van der Waals surface area contributed by atoms with Crippen LogP contribution in [0.25, 0.3) is 0 Å². The lowest BCUT2D eigenvalue weighted by atomic mass is 9.95. The summed E-state index contributed by atoms with van der Waals surface area (Å²) in [6.45, 7) is -3.27. The Hall–Kier alpha value is -3.01. The SMILES string of the molecule is O=C1C[C@@H](c2ccccc2)Oc2cc(O[C@H]3O[C@H](CO)[C@@H](O)[C@@H](O)[C@H]3O[C@H]3OC[C@@](O)(CO[C@@H]4OC[C@@](O)(CO)[C@H]4O)[C@@H]3O)cc(O)c21. The van der Waals surface area contributed by atoms with E-state index in [2.05, 4.69) is 0 Å². The maximum atomic E-state index is 12.9. The zero-order chi connectivity index (χ0) is 34.4. The molecule has 0 unspecified atom stereocenters. The van der Waals surface area contributed by atoms with Gasteiger partial charge in [-0.15, -0.1) is 0 Å². The number of hydrogen-bond donors (Lipinski definition) is 9. The summed E-state index contributed by atoms with van der Waals surface area (Å²) in [5.41, 5.74) is -3.46. The standard InChI is InChI=1S/C31H38O17/c32-9-20-22(36)23(37)24(48-29-26(39)31(41,13-44-29)12-43-28-25(38)30(40,10-33)11-42-28)27(47-20)45-15-6-16(34)21-17(35)8-18(46-19(21)7-15)14-4-2-1-3-5-14/h1-7,18,20,22-29,32-34,36-41H,8-13H2/t18-,20+,22+,23+,24+,25-,26+,27-,28-,29+,30-,31-/m0/s1. The van der Waals surface area contributed by atoms with Crippen LogP contribution in [-0.2, 0) is 23.7 Å². The first-order valence-corrected chi connectivity index (χ1v) is 15.2. The van der Waals surface area contributed by atoms with Gasteiger partial charge in [0.15, 0.2) is 24.5 Å². The van der Waals surface area contributed by atoms with Crippen molar-refractivity contribution in [3.63, 3.8) is 0 Å². The van der Waals surface area contributed by atoms with Crippen LogP contribution in [-0.4, -0.2) is 151 Å². The Labute approximate surface area is 273 Å². The molecule has 264 valence electrons. The first kappa shape index (κ1) is 34.8. The van der Waals surface area contributed by atoms with Crippen molar-refractivity contribution in [1.29, 1.82) is 0 Å². The fourth-order valence-corrected chi connectivity index (χ4v) is 5.98. The first-order valence-electron chi connectivity index (χ1n) is 15.2. The number of aliphatic hydroxyl groups is 8. The van der Waals surface area contributed by atoms with Crippen molar-refractivity contribution in [1.82, 2.24) is 0 Å². The molecule has 3 fully saturated rings. The summed E-state index contributed by atoms with van der Waals surface area (Å²) in [6.07, 6.45) is -15.4. The van der Waals surface area contributed by atoms with Gasteiger partial charge in [0.25, 0.3) is 0 Å². The molecule has 0 aliphatic carbocycles. The number of ether oxygens (including phenoxy) is 7. The molecule has 2 aromatic carbocycles. The summed E-state index contributed by atoms with van der Waals surface area (Å²) < 4.78 is 39.3. The van der Waals surface area contributed by atoms with Crippen molar-refractivity contribution in [3.05, 3.63) is 53.6 Å².